The van der Waals surface area contributed by atoms with E-state index in [0.29, 0.717) is 0 Å². The normalized spacial score (nSPS) is 12.0. The maximum atomic E-state index is 2.49. The molecule has 0 saturated heterocycles. The van der Waals surface area contributed by atoms with Crippen LogP contribution in [0.25, 0.3) is 0 Å². The molecule has 0 aliphatic heterocycles. The Balaban J connectivity index is 3.36. The van der Waals surface area contributed by atoms with Gasteiger partial charge >= 0.3 is 50.3 Å². The molecule has 0 unspecified atom stereocenters. The van der Waals surface area contributed by atoms with Crippen LogP contribution in [0.1, 0.15) is 13.8 Å². The summed E-state index contributed by atoms with van der Waals surface area (Å²) >= 11 is -1.08. The molecular weight excluding hydrogens is 120 g/mol. The van der Waals surface area contributed by atoms with Gasteiger partial charge in [-0.05, 0) is 0 Å². The molecule has 0 amide bonds. The van der Waals surface area contributed by atoms with E-state index in [9.17, 15) is 0 Å². The van der Waals surface area contributed by atoms with E-state index in [4.69, 9.17) is 0 Å². The third-order valence-electron chi connectivity index (χ3n) is 1.91. The van der Waals surface area contributed by atoms with Crippen LogP contribution in [0, 0.1) is 0 Å². The molecule has 0 atom stereocenters. The zero-order chi connectivity index (χ0) is 5.91. The molecule has 0 heterocycles. The van der Waals surface area contributed by atoms with Crippen molar-refractivity contribution in [3.8, 4) is 0 Å². The van der Waals surface area contributed by atoms with Crippen molar-refractivity contribution in [1.29, 1.82) is 0 Å². The summed E-state index contributed by atoms with van der Waals surface area (Å²) in [5.74, 6) is 0. The molecule has 0 rings (SSSR count). The van der Waals surface area contributed by atoms with E-state index in [2.05, 4.69) is 24.3 Å². The maximum absolute atomic E-state index is 2.49. The summed E-state index contributed by atoms with van der Waals surface area (Å²) in [6, 6.07) is 0. The summed E-state index contributed by atoms with van der Waals surface area (Å²) in [5.41, 5.74) is 0. The Labute approximate surface area is 50.7 Å². The van der Waals surface area contributed by atoms with Gasteiger partial charge in [0.25, 0.3) is 0 Å². The molecule has 0 aromatic carbocycles. The Bertz CT molecular complexity index is 42.1. The van der Waals surface area contributed by atoms with E-state index in [1.54, 1.807) is 0 Å². The second kappa shape index (κ2) is 2.89. The SMILES string of the molecule is C[CH2][Ti]([CH3])([CH3])[CH2]C. The van der Waals surface area contributed by atoms with Crippen LogP contribution in [0.3, 0.4) is 0 Å². The molecule has 0 spiro atoms. The van der Waals surface area contributed by atoms with Crippen LogP contribution in [0.5, 0.6) is 0 Å². The average molecular weight is 136 g/mol. The van der Waals surface area contributed by atoms with E-state index in [0.717, 1.165) is 0 Å². The van der Waals surface area contributed by atoms with E-state index in [-0.39, 0.29) is 0 Å². The van der Waals surface area contributed by atoms with Gasteiger partial charge in [-0.15, -0.1) is 0 Å². The predicted molar refractivity (Wildman–Crippen MR) is 32.7 cm³/mol. The zero-order valence-corrected chi connectivity index (χ0v) is 7.48. The van der Waals surface area contributed by atoms with Crippen LogP contribution in [-0.4, -0.2) is 0 Å². The van der Waals surface area contributed by atoms with E-state index in [1.165, 1.54) is 9.45 Å². The third kappa shape index (κ3) is 3.31. The molecule has 44 valence electrons. The molecule has 0 saturated carbocycles. The van der Waals surface area contributed by atoms with Gasteiger partial charge in [-0.1, -0.05) is 0 Å². The molecule has 0 N–H and O–H groups in total. The van der Waals surface area contributed by atoms with E-state index < -0.39 is 16.6 Å². The van der Waals surface area contributed by atoms with Gasteiger partial charge in [0, 0.05) is 0 Å². The van der Waals surface area contributed by atoms with Crippen molar-refractivity contribution < 1.29 is 16.6 Å². The summed E-state index contributed by atoms with van der Waals surface area (Å²) < 4.78 is 2.97. The van der Waals surface area contributed by atoms with Crippen molar-refractivity contribution in [3.63, 3.8) is 0 Å². The fourth-order valence-corrected chi connectivity index (χ4v) is 1.03. The average Bonchev–Trinajstić information content (AvgIpc) is 1.68. The minimum atomic E-state index is -1.08. The van der Waals surface area contributed by atoms with Crippen molar-refractivity contribution >= 4 is 0 Å². The Morgan fingerprint density at radius 1 is 1.00 bits per heavy atom. The molecule has 0 radical (unpaired) electrons. The van der Waals surface area contributed by atoms with Gasteiger partial charge in [-0.3, -0.25) is 0 Å². The van der Waals surface area contributed by atoms with Crippen molar-refractivity contribution in [2.24, 2.45) is 0 Å². The molecule has 0 bridgehead atoms. The van der Waals surface area contributed by atoms with Crippen molar-refractivity contribution in [3.05, 3.63) is 0 Å². The fourth-order valence-electron chi connectivity index (χ4n) is 0.250. The van der Waals surface area contributed by atoms with Gasteiger partial charge in [0.05, 0.1) is 0 Å². The molecule has 7 heavy (non-hydrogen) atoms. The first-order chi connectivity index (χ1) is 3.12. The number of hydrogen-bond acceptors (Lipinski definition) is 0. The molecule has 0 aliphatic carbocycles. The Kier molecular flexibility index (Phi) is 3.18. The Hall–Kier alpha value is 0.714. The van der Waals surface area contributed by atoms with Gasteiger partial charge in [0.2, 0.25) is 0 Å². The second-order valence-corrected chi connectivity index (χ2v) is 11.8. The molecule has 0 aromatic rings. The number of rotatable bonds is 2. The summed E-state index contributed by atoms with van der Waals surface area (Å²) in [7, 11) is 0. The predicted octanol–water partition coefficient (Wildman–Crippen LogP) is 3.11. The quantitative estimate of drug-likeness (QED) is 0.511. The van der Waals surface area contributed by atoms with Crippen molar-refractivity contribution in [1.82, 2.24) is 0 Å². The fraction of sp³-hybridized carbons (Fsp3) is 1.00. The first-order valence-electron chi connectivity index (χ1n) is 3.12. The molecule has 0 fully saturated rings. The second-order valence-electron chi connectivity index (χ2n) is 2.87. The Morgan fingerprint density at radius 3 is 1.29 bits per heavy atom. The van der Waals surface area contributed by atoms with Crippen LogP contribution in [0.4, 0.5) is 0 Å². The number of hydrogen-bond donors (Lipinski definition) is 0. The summed E-state index contributed by atoms with van der Waals surface area (Å²) in [4.78, 5) is 0. The Morgan fingerprint density at radius 2 is 1.29 bits per heavy atom. The van der Waals surface area contributed by atoms with E-state index >= 15 is 0 Å². The van der Waals surface area contributed by atoms with Gasteiger partial charge in [-0.2, -0.15) is 0 Å². The van der Waals surface area contributed by atoms with Crippen LogP contribution in [0.15, 0.2) is 0 Å². The molecule has 1 heteroatoms. The minimum absolute atomic E-state index is 1.08. The molecule has 0 nitrogen and oxygen atoms in total. The van der Waals surface area contributed by atoms with Crippen molar-refractivity contribution in [2.45, 2.75) is 33.8 Å². The monoisotopic (exact) mass is 136 g/mol. The summed E-state index contributed by atoms with van der Waals surface area (Å²) in [6.07, 6.45) is 0. The first-order valence-corrected chi connectivity index (χ1v) is 8.45. The van der Waals surface area contributed by atoms with Crippen molar-refractivity contribution in [2.75, 3.05) is 0 Å². The molecule has 0 aliphatic rings. The van der Waals surface area contributed by atoms with Crippen LogP contribution < -0.4 is 0 Å². The molecule has 0 aromatic heterocycles. The van der Waals surface area contributed by atoms with Gasteiger partial charge in [-0.25, -0.2) is 0 Å². The van der Waals surface area contributed by atoms with Crippen LogP contribution >= 0.6 is 0 Å². The standard InChI is InChI=1S/2C2H5.2CH3.Ti/c2*1-2;;;/h2*1H2,2H3;2*1H3;. The topological polar surface area (TPSA) is 0 Å². The zero-order valence-electron chi connectivity index (χ0n) is 5.91. The van der Waals surface area contributed by atoms with Gasteiger partial charge < -0.3 is 0 Å². The third-order valence-corrected chi connectivity index (χ3v) is 7.89. The summed E-state index contributed by atoms with van der Waals surface area (Å²) in [6.45, 7) is 4.65. The first kappa shape index (κ1) is 7.71. The van der Waals surface area contributed by atoms with Gasteiger partial charge in [0.15, 0.2) is 0 Å². The summed E-state index contributed by atoms with van der Waals surface area (Å²) in [5, 5.41) is 4.97. The van der Waals surface area contributed by atoms with Crippen LogP contribution in [0.2, 0.25) is 19.9 Å². The van der Waals surface area contributed by atoms with E-state index in [1.807, 2.05) is 0 Å². The van der Waals surface area contributed by atoms with Crippen LogP contribution in [-0.2, 0) is 16.6 Å². The van der Waals surface area contributed by atoms with Gasteiger partial charge in [0.1, 0.15) is 0 Å². The molecular formula is C6H16Ti.